The zero-order chi connectivity index (χ0) is 15.7. The van der Waals surface area contributed by atoms with Gasteiger partial charge in [0.2, 0.25) is 11.8 Å². The highest BCUT2D eigenvalue weighted by molar-refractivity contribution is 5.89. The summed E-state index contributed by atoms with van der Waals surface area (Å²) in [5, 5.41) is 11.0. The molecule has 0 aliphatic rings. The number of amides is 4. The van der Waals surface area contributed by atoms with E-state index in [0.29, 0.717) is 6.42 Å². The van der Waals surface area contributed by atoms with Gasteiger partial charge in [-0.1, -0.05) is 13.3 Å². The molecule has 0 aromatic carbocycles. The number of urea groups is 1. The van der Waals surface area contributed by atoms with Gasteiger partial charge in [-0.3, -0.25) is 9.59 Å². The number of carboxylic acid groups (broad SMARTS) is 1. The van der Waals surface area contributed by atoms with Crippen LogP contribution in [0.15, 0.2) is 0 Å². The smallest absolute Gasteiger partial charge is 0.326 e. The summed E-state index contributed by atoms with van der Waals surface area (Å²) in [6.07, 6.45) is 0.889. The fourth-order valence-electron chi connectivity index (χ4n) is 1.43. The standard InChI is InChI=1S/C11H20N4O5/c1-2-3-4-15(6-9(13)17)11(20)14-7(10(18)19)5-8(12)16/h7H,2-6H2,1H3,(H2,12,16)(H2,13,17)(H,14,20)(H,18,19)/t7-/m0/s1. The third-order valence-electron chi connectivity index (χ3n) is 2.42. The highest BCUT2D eigenvalue weighted by atomic mass is 16.4. The summed E-state index contributed by atoms with van der Waals surface area (Å²) < 4.78 is 0. The zero-order valence-corrected chi connectivity index (χ0v) is 11.3. The van der Waals surface area contributed by atoms with E-state index in [0.717, 1.165) is 11.3 Å². The van der Waals surface area contributed by atoms with Gasteiger partial charge in [0, 0.05) is 6.54 Å². The van der Waals surface area contributed by atoms with Gasteiger partial charge < -0.3 is 26.8 Å². The average Bonchev–Trinajstić information content (AvgIpc) is 2.32. The van der Waals surface area contributed by atoms with Crippen molar-refractivity contribution in [3.05, 3.63) is 0 Å². The number of hydrogen-bond acceptors (Lipinski definition) is 4. The third-order valence-corrected chi connectivity index (χ3v) is 2.42. The molecular formula is C11H20N4O5. The molecule has 0 saturated heterocycles. The maximum Gasteiger partial charge on any atom is 0.326 e. The Morgan fingerprint density at radius 3 is 2.20 bits per heavy atom. The van der Waals surface area contributed by atoms with Gasteiger partial charge in [-0.2, -0.15) is 0 Å². The van der Waals surface area contributed by atoms with Crippen LogP contribution in [0.5, 0.6) is 0 Å². The van der Waals surface area contributed by atoms with Gasteiger partial charge in [0.15, 0.2) is 0 Å². The van der Waals surface area contributed by atoms with Crippen LogP contribution in [0.3, 0.4) is 0 Å². The molecule has 0 rings (SSSR count). The molecule has 114 valence electrons. The molecule has 0 saturated carbocycles. The van der Waals surface area contributed by atoms with E-state index < -0.39 is 36.3 Å². The molecular weight excluding hydrogens is 268 g/mol. The molecule has 0 fully saturated rings. The van der Waals surface area contributed by atoms with E-state index in [-0.39, 0.29) is 13.1 Å². The summed E-state index contributed by atoms with van der Waals surface area (Å²) in [5.41, 5.74) is 9.93. The lowest BCUT2D eigenvalue weighted by molar-refractivity contribution is -0.140. The molecule has 4 amide bonds. The Morgan fingerprint density at radius 1 is 1.20 bits per heavy atom. The van der Waals surface area contributed by atoms with E-state index in [9.17, 15) is 19.2 Å². The molecule has 9 nitrogen and oxygen atoms in total. The number of carbonyl (C=O) groups is 4. The third kappa shape index (κ3) is 7.19. The van der Waals surface area contributed by atoms with Crippen LogP contribution >= 0.6 is 0 Å². The van der Waals surface area contributed by atoms with Gasteiger partial charge in [0.25, 0.3) is 0 Å². The first-order valence-electron chi connectivity index (χ1n) is 6.12. The van der Waals surface area contributed by atoms with Crippen molar-refractivity contribution in [2.45, 2.75) is 32.2 Å². The van der Waals surface area contributed by atoms with Crippen LogP contribution in [0, 0.1) is 0 Å². The Kier molecular flexibility index (Phi) is 7.71. The fourth-order valence-corrected chi connectivity index (χ4v) is 1.43. The Balaban J connectivity index is 4.72. The van der Waals surface area contributed by atoms with Crippen LogP contribution in [0.4, 0.5) is 4.79 Å². The minimum atomic E-state index is -1.43. The lowest BCUT2D eigenvalue weighted by Gasteiger charge is -2.23. The highest BCUT2D eigenvalue weighted by Gasteiger charge is 2.25. The van der Waals surface area contributed by atoms with Crippen molar-refractivity contribution in [1.82, 2.24) is 10.2 Å². The van der Waals surface area contributed by atoms with E-state index in [2.05, 4.69) is 5.32 Å². The second-order valence-electron chi connectivity index (χ2n) is 4.25. The molecule has 0 heterocycles. The molecule has 0 radical (unpaired) electrons. The van der Waals surface area contributed by atoms with E-state index in [4.69, 9.17) is 16.6 Å². The number of nitrogens with one attached hydrogen (secondary N) is 1. The summed E-state index contributed by atoms with van der Waals surface area (Å²) in [5.74, 6) is -2.95. The second kappa shape index (κ2) is 8.73. The van der Waals surface area contributed by atoms with Crippen LogP contribution in [0.25, 0.3) is 0 Å². The number of nitrogens with zero attached hydrogens (tertiary/aromatic N) is 1. The number of rotatable bonds is 9. The number of unbranched alkanes of at least 4 members (excludes halogenated alkanes) is 1. The number of carbonyl (C=O) groups excluding carboxylic acids is 3. The number of nitrogens with two attached hydrogens (primary N) is 2. The van der Waals surface area contributed by atoms with E-state index in [1.54, 1.807) is 0 Å². The topological polar surface area (TPSA) is 156 Å². The van der Waals surface area contributed by atoms with Gasteiger partial charge in [-0.25, -0.2) is 9.59 Å². The molecule has 9 heteroatoms. The van der Waals surface area contributed by atoms with Crippen LogP contribution < -0.4 is 16.8 Å². The number of primary amides is 2. The molecule has 1 atom stereocenters. The minimum absolute atomic E-state index is 0.258. The summed E-state index contributed by atoms with van der Waals surface area (Å²) in [7, 11) is 0. The highest BCUT2D eigenvalue weighted by Crippen LogP contribution is 1.99. The summed E-state index contributed by atoms with van der Waals surface area (Å²) in [6.45, 7) is 1.83. The van der Waals surface area contributed by atoms with Gasteiger partial charge in [-0.05, 0) is 6.42 Å². The summed E-state index contributed by atoms with van der Waals surface area (Å²) in [4.78, 5) is 45.5. The fraction of sp³-hybridized carbons (Fsp3) is 0.636. The number of aliphatic carboxylic acids is 1. The lowest BCUT2D eigenvalue weighted by Crippen LogP contribution is -2.51. The molecule has 0 unspecified atom stereocenters. The van der Waals surface area contributed by atoms with Crippen molar-refractivity contribution in [1.29, 1.82) is 0 Å². The van der Waals surface area contributed by atoms with Crippen molar-refractivity contribution in [2.24, 2.45) is 11.5 Å². The predicted octanol–water partition coefficient (Wildman–Crippen LogP) is -1.39. The lowest BCUT2D eigenvalue weighted by atomic mass is 10.2. The Bertz CT molecular complexity index is 385. The average molecular weight is 288 g/mol. The SMILES string of the molecule is CCCCN(CC(N)=O)C(=O)N[C@@H](CC(N)=O)C(=O)O. The van der Waals surface area contributed by atoms with Crippen molar-refractivity contribution >= 4 is 23.8 Å². The second-order valence-corrected chi connectivity index (χ2v) is 4.25. The van der Waals surface area contributed by atoms with Crippen molar-refractivity contribution in [3.8, 4) is 0 Å². The molecule has 0 aromatic heterocycles. The van der Waals surface area contributed by atoms with Crippen LogP contribution in [0.2, 0.25) is 0 Å². The van der Waals surface area contributed by atoms with Gasteiger partial charge in [0.05, 0.1) is 6.42 Å². The monoisotopic (exact) mass is 288 g/mol. The quantitative estimate of drug-likeness (QED) is 0.411. The number of hydrogen-bond donors (Lipinski definition) is 4. The summed E-state index contributed by atoms with van der Waals surface area (Å²) in [6, 6.07) is -2.21. The molecule has 0 aliphatic carbocycles. The molecule has 6 N–H and O–H groups in total. The molecule has 20 heavy (non-hydrogen) atoms. The van der Waals surface area contributed by atoms with Crippen LogP contribution in [0.1, 0.15) is 26.2 Å². The first kappa shape index (κ1) is 17.7. The molecule has 0 aromatic rings. The zero-order valence-electron chi connectivity index (χ0n) is 11.3. The van der Waals surface area contributed by atoms with Crippen LogP contribution in [-0.4, -0.2) is 53.0 Å². The maximum absolute atomic E-state index is 11.9. The van der Waals surface area contributed by atoms with E-state index in [1.165, 1.54) is 0 Å². The number of carboxylic acids is 1. The largest absolute Gasteiger partial charge is 0.480 e. The predicted molar refractivity (Wildman–Crippen MR) is 69.4 cm³/mol. The molecule has 0 spiro atoms. The molecule has 0 aliphatic heterocycles. The van der Waals surface area contributed by atoms with E-state index >= 15 is 0 Å². The maximum atomic E-state index is 11.9. The van der Waals surface area contributed by atoms with Crippen molar-refractivity contribution in [2.75, 3.05) is 13.1 Å². The first-order valence-corrected chi connectivity index (χ1v) is 6.12. The van der Waals surface area contributed by atoms with E-state index in [1.807, 2.05) is 6.92 Å². The van der Waals surface area contributed by atoms with Crippen molar-refractivity contribution < 1.29 is 24.3 Å². The Morgan fingerprint density at radius 2 is 1.80 bits per heavy atom. The van der Waals surface area contributed by atoms with Gasteiger partial charge in [0.1, 0.15) is 12.6 Å². The Labute approximate surface area is 116 Å². The van der Waals surface area contributed by atoms with Gasteiger partial charge in [-0.15, -0.1) is 0 Å². The molecule has 0 bridgehead atoms. The van der Waals surface area contributed by atoms with Crippen LogP contribution in [-0.2, 0) is 14.4 Å². The first-order chi connectivity index (χ1) is 9.27. The summed E-state index contributed by atoms with van der Waals surface area (Å²) >= 11 is 0. The Hall–Kier alpha value is -2.32. The normalized spacial score (nSPS) is 11.4. The van der Waals surface area contributed by atoms with Crippen molar-refractivity contribution in [3.63, 3.8) is 0 Å². The van der Waals surface area contributed by atoms with Gasteiger partial charge >= 0.3 is 12.0 Å². The minimum Gasteiger partial charge on any atom is -0.480 e.